The fourth-order valence-corrected chi connectivity index (χ4v) is 5.70. The van der Waals surface area contributed by atoms with E-state index in [1.54, 1.807) is 0 Å². The Balaban J connectivity index is 1.54. The van der Waals surface area contributed by atoms with E-state index in [0.29, 0.717) is 13.0 Å². The molecule has 4 aliphatic rings. The van der Waals surface area contributed by atoms with Gasteiger partial charge >= 0.3 is 0 Å². The fourth-order valence-electron chi connectivity index (χ4n) is 5.70. The highest BCUT2D eigenvalue weighted by Gasteiger charge is 2.60. The van der Waals surface area contributed by atoms with E-state index < -0.39 is 71.8 Å². The highest BCUT2D eigenvalue weighted by atomic mass is 19.3. The third-order valence-electron chi connectivity index (χ3n) is 7.52. The number of hydrogen-bond acceptors (Lipinski definition) is 5. The van der Waals surface area contributed by atoms with Crippen molar-refractivity contribution in [3.8, 4) is 6.07 Å². The van der Waals surface area contributed by atoms with Crippen molar-refractivity contribution >= 4 is 23.4 Å². The summed E-state index contributed by atoms with van der Waals surface area (Å²) in [6, 6.07) is -0.139. The molecule has 0 radical (unpaired) electrons. The second-order valence-electron chi connectivity index (χ2n) is 10.0. The van der Waals surface area contributed by atoms with Gasteiger partial charge < -0.3 is 20.9 Å². The topological polar surface area (TPSA) is 114 Å². The van der Waals surface area contributed by atoms with Gasteiger partial charge in [0.1, 0.15) is 29.8 Å². The van der Waals surface area contributed by atoms with Crippen LogP contribution in [0.2, 0.25) is 0 Å². The molecule has 37 heavy (non-hydrogen) atoms. The summed E-state index contributed by atoms with van der Waals surface area (Å²) in [5, 5.41) is 17.4. The molecule has 12 heteroatoms. The van der Waals surface area contributed by atoms with E-state index in [1.807, 2.05) is 6.07 Å². The molecule has 0 spiro atoms. The maximum Gasteiger partial charge on any atom is 0.255 e. The van der Waals surface area contributed by atoms with E-state index in [1.165, 1.54) is 6.92 Å². The molecule has 200 valence electrons. The van der Waals surface area contributed by atoms with Crippen molar-refractivity contribution in [2.24, 2.45) is 11.8 Å². The number of benzene rings is 1. The molecule has 3 heterocycles. The Labute approximate surface area is 211 Å². The van der Waals surface area contributed by atoms with E-state index in [9.17, 15) is 37.2 Å². The zero-order chi connectivity index (χ0) is 26.9. The van der Waals surface area contributed by atoms with Gasteiger partial charge in [0, 0.05) is 24.9 Å². The third kappa shape index (κ3) is 5.50. The van der Waals surface area contributed by atoms with Crippen LogP contribution >= 0.6 is 0 Å². The summed E-state index contributed by atoms with van der Waals surface area (Å²) in [4.78, 5) is 40.0. The summed E-state index contributed by atoms with van der Waals surface area (Å²) in [7, 11) is 0. The maximum atomic E-state index is 14.9. The maximum absolute atomic E-state index is 14.9. The molecule has 3 amide bonds. The van der Waals surface area contributed by atoms with Gasteiger partial charge in [-0.25, -0.2) is 17.6 Å². The normalized spacial score (nSPS) is 28.0. The number of rotatable bonds is 7. The first-order valence-corrected chi connectivity index (χ1v) is 12.4. The molecule has 1 saturated carbocycles. The van der Waals surface area contributed by atoms with Gasteiger partial charge in [-0.3, -0.25) is 14.4 Å². The number of hydrogen-bond donors (Lipinski definition) is 3. The minimum absolute atomic E-state index is 0.0160. The molecule has 8 nitrogen and oxygen atoms in total. The van der Waals surface area contributed by atoms with Gasteiger partial charge in [-0.1, -0.05) is 0 Å². The third-order valence-corrected chi connectivity index (χ3v) is 7.52. The fraction of sp³-hybridized carbons (Fsp3) is 0.600. The van der Waals surface area contributed by atoms with E-state index in [4.69, 9.17) is 0 Å². The summed E-state index contributed by atoms with van der Waals surface area (Å²) in [6.07, 6.45) is 0.952. The van der Waals surface area contributed by atoms with Crippen molar-refractivity contribution in [2.45, 2.75) is 75.5 Å². The Hall–Kier alpha value is -3.36. The van der Waals surface area contributed by atoms with Crippen molar-refractivity contribution in [2.75, 3.05) is 11.9 Å². The smallest absolute Gasteiger partial charge is 0.255 e. The first-order valence-electron chi connectivity index (χ1n) is 12.4. The second kappa shape index (κ2) is 10.6. The van der Waals surface area contributed by atoms with Crippen LogP contribution in [-0.2, 0) is 14.4 Å². The Morgan fingerprint density at radius 3 is 2.70 bits per heavy atom. The number of fused-ring (bicyclic) bond motifs is 3. The summed E-state index contributed by atoms with van der Waals surface area (Å²) in [5.74, 6) is -8.52. The number of nitrogens with one attached hydrogen (secondary N) is 3. The Bertz CT molecular complexity index is 1110. The highest BCUT2D eigenvalue weighted by Crippen LogP contribution is 2.49. The number of nitriles is 1. The Kier molecular flexibility index (Phi) is 7.62. The first kappa shape index (κ1) is 26.7. The molecule has 0 unspecified atom stereocenters. The SMILES string of the molecule is C[C@@H](Nc1cc(F)ccc1F)C(=O)N1[C@H]2CC[C@@H]([C@@H]1C(=O)N[C@@H](C#N)C[C@@H]1CCCNC1=O)C(F)(F)C2. The van der Waals surface area contributed by atoms with E-state index in [-0.39, 0.29) is 30.9 Å². The number of anilines is 1. The standard InChI is InChI=1S/C25H29F4N5O3/c1-13(32-20-10-15(26)4-7-19(20)27)24(37)34-17-5-6-18(25(28,29)11-17)21(34)23(36)33-16(12-30)9-14-3-2-8-31-22(14)35/h4,7,10,13-14,16-18,21,32H,2-3,5-6,8-9,11H2,1H3,(H,31,35)(H,33,36)/t13-,14+,16-,17+,18+,21-/m1/s1. The molecule has 2 bridgehead atoms. The zero-order valence-corrected chi connectivity index (χ0v) is 20.3. The molecule has 6 atom stereocenters. The van der Waals surface area contributed by atoms with Crippen LogP contribution in [0.1, 0.15) is 45.4 Å². The molecule has 0 aromatic heterocycles. The summed E-state index contributed by atoms with van der Waals surface area (Å²) < 4.78 is 57.5. The first-order chi connectivity index (χ1) is 17.5. The van der Waals surface area contributed by atoms with Gasteiger partial charge in [0.25, 0.3) is 5.92 Å². The average Bonchev–Trinajstić information content (AvgIpc) is 2.85. The molecule has 1 aromatic rings. The monoisotopic (exact) mass is 523 g/mol. The highest BCUT2D eigenvalue weighted by molar-refractivity contribution is 5.92. The van der Waals surface area contributed by atoms with Gasteiger partial charge in [0.2, 0.25) is 17.7 Å². The van der Waals surface area contributed by atoms with E-state index >= 15 is 0 Å². The van der Waals surface area contributed by atoms with Gasteiger partial charge in [-0.15, -0.1) is 0 Å². The molecule has 1 aliphatic carbocycles. The van der Waals surface area contributed by atoms with Crippen LogP contribution in [0.25, 0.3) is 0 Å². The number of piperidine rings is 3. The number of carbonyl (C=O) groups is 3. The molecular weight excluding hydrogens is 494 g/mol. The Morgan fingerprint density at radius 2 is 2.03 bits per heavy atom. The minimum Gasteiger partial charge on any atom is -0.371 e. The molecule has 3 N–H and O–H groups in total. The number of alkyl halides is 2. The molecule has 3 aliphatic heterocycles. The number of nitrogens with zero attached hydrogens (tertiary/aromatic N) is 2. The average molecular weight is 524 g/mol. The van der Waals surface area contributed by atoms with Crippen LogP contribution in [-0.4, -0.2) is 59.3 Å². The van der Waals surface area contributed by atoms with Crippen molar-refractivity contribution in [3.63, 3.8) is 0 Å². The number of amides is 3. The van der Waals surface area contributed by atoms with Gasteiger partial charge in [-0.05, 0) is 57.2 Å². The lowest BCUT2D eigenvalue weighted by Crippen LogP contribution is -2.70. The minimum atomic E-state index is -3.20. The lowest BCUT2D eigenvalue weighted by Gasteiger charge is -2.54. The van der Waals surface area contributed by atoms with Crippen molar-refractivity contribution in [3.05, 3.63) is 29.8 Å². The van der Waals surface area contributed by atoms with Crippen LogP contribution in [0.3, 0.4) is 0 Å². The van der Waals surface area contributed by atoms with Crippen molar-refractivity contribution in [1.82, 2.24) is 15.5 Å². The molecule has 5 rings (SSSR count). The molecule has 3 saturated heterocycles. The predicted molar refractivity (Wildman–Crippen MR) is 124 cm³/mol. The van der Waals surface area contributed by atoms with E-state index in [0.717, 1.165) is 29.5 Å². The van der Waals surface area contributed by atoms with Gasteiger partial charge in [-0.2, -0.15) is 5.26 Å². The zero-order valence-electron chi connectivity index (χ0n) is 20.3. The van der Waals surface area contributed by atoms with E-state index in [2.05, 4.69) is 16.0 Å². The number of halogens is 4. The second-order valence-corrected chi connectivity index (χ2v) is 10.0. The van der Waals surface area contributed by atoms with Gasteiger partial charge in [0.15, 0.2) is 0 Å². The van der Waals surface area contributed by atoms with Crippen LogP contribution in [0.15, 0.2) is 18.2 Å². The quantitative estimate of drug-likeness (QED) is 0.476. The molecular formula is C25H29F4N5O3. The van der Waals surface area contributed by atoms with Crippen LogP contribution in [0.5, 0.6) is 0 Å². The van der Waals surface area contributed by atoms with Crippen molar-refractivity contribution in [1.29, 1.82) is 5.26 Å². The molecule has 1 aromatic carbocycles. The summed E-state index contributed by atoms with van der Waals surface area (Å²) in [6.45, 7) is 1.91. The summed E-state index contributed by atoms with van der Waals surface area (Å²) in [5.41, 5.74) is -0.273. The largest absolute Gasteiger partial charge is 0.371 e. The Morgan fingerprint density at radius 1 is 1.27 bits per heavy atom. The lowest BCUT2D eigenvalue weighted by atomic mass is 9.71. The lowest BCUT2D eigenvalue weighted by molar-refractivity contribution is -0.194. The van der Waals surface area contributed by atoms with Crippen molar-refractivity contribution < 1.29 is 31.9 Å². The predicted octanol–water partition coefficient (Wildman–Crippen LogP) is 2.70. The van der Waals surface area contributed by atoms with Crippen LogP contribution in [0, 0.1) is 34.8 Å². The van der Waals surface area contributed by atoms with Crippen LogP contribution < -0.4 is 16.0 Å². The number of carbonyl (C=O) groups excluding carboxylic acids is 3. The van der Waals surface area contributed by atoms with Crippen LogP contribution in [0.4, 0.5) is 23.2 Å². The summed E-state index contributed by atoms with van der Waals surface area (Å²) >= 11 is 0. The molecule has 4 fully saturated rings. The van der Waals surface area contributed by atoms with Gasteiger partial charge in [0.05, 0.1) is 17.7 Å².